The zero-order valence-corrected chi connectivity index (χ0v) is 24.3. The van der Waals surface area contributed by atoms with Crippen LogP contribution in [0.1, 0.15) is 29.8 Å². The molecule has 2 aromatic rings. The van der Waals surface area contributed by atoms with E-state index >= 15 is 0 Å². The van der Waals surface area contributed by atoms with Gasteiger partial charge in [0.25, 0.3) is 0 Å². The molecule has 1 saturated carbocycles. The summed E-state index contributed by atoms with van der Waals surface area (Å²) >= 11 is 0. The van der Waals surface area contributed by atoms with Gasteiger partial charge in [0.2, 0.25) is 0 Å². The number of hydrogen-bond donors (Lipinski definition) is 3. The minimum atomic E-state index is -5.08. The SMILES string of the molecule is Cc1cccc(COCC2CC3OCCN(Cc4cccnc4)C3C2)n1.O=C(O)C(F)(F)F.O=C(O)C(F)(F)F.O=C(O)C(F)(F)F. The van der Waals surface area contributed by atoms with Crippen LogP contribution in [0.4, 0.5) is 39.5 Å². The molecule has 3 heterocycles. The van der Waals surface area contributed by atoms with Crippen molar-refractivity contribution >= 4 is 17.9 Å². The van der Waals surface area contributed by atoms with Crippen LogP contribution in [0, 0.1) is 12.8 Å². The summed E-state index contributed by atoms with van der Waals surface area (Å²) in [6.07, 6.45) is -8.88. The summed E-state index contributed by atoms with van der Waals surface area (Å²) < 4.78 is 107. The first-order valence-electron chi connectivity index (χ1n) is 13.3. The number of pyridine rings is 2. The average molecular weight is 696 g/mol. The topological polar surface area (TPSA) is 159 Å². The first kappa shape index (κ1) is 41.0. The molecule has 20 heteroatoms. The van der Waals surface area contributed by atoms with Gasteiger partial charge in [-0.25, -0.2) is 14.4 Å². The summed E-state index contributed by atoms with van der Waals surface area (Å²) in [7, 11) is 0. The van der Waals surface area contributed by atoms with Gasteiger partial charge in [0.05, 0.1) is 31.6 Å². The molecule has 1 aliphatic carbocycles. The monoisotopic (exact) mass is 695 g/mol. The van der Waals surface area contributed by atoms with Crippen molar-refractivity contribution in [3.8, 4) is 0 Å². The van der Waals surface area contributed by atoms with Crippen molar-refractivity contribution in [2.45, 2.75) is 63.6 Å². The lowest BCUT2D eigenvalue weighted by atomic mass is 10.1. The number of carboxylic acids is 3. The number of ether oxygens (including phenoxy) is 2. The van der Waals surface area contributed by atoms with Gasteiger partial charge in [0.1, 0.15) is 0 Å². The van der Waals surface area contributed by atoms with Crippen LogP contribution in [0.5, 0.6) is 0 Å². The fraction of sp³-hybridized carbons (Fsp3) is 0.519. The second kappa shape index (κ2) is 18.3. The van der Waals surface area contributed by atoms with E-state index in [2.05, 4.69) is 20.9 Å². The van der Waals surface area contributed by atoms with Gasteiger partial charge in [0, 0.05) is 37.2 Å². The van der Waals surface area contributed by atoms with E-state index in [1.54, 1.807) is 0 Å². The summed E-state index contributed by atoms with van der Waals surface area (Å²) in [5, 5.41) is 21.4. The van der Waals surface area contributed by atoms with E-state index in [9.17, 15) is 39.5 Å². The fourth-order valence-corrected chi connectivity index (χ4v) is 4.19. The Kier molecular flexibility index (Phi) is 16.0. The van der Waals surface area contributed by atoms with Crippen molar-refractivity contribution in [3.63, 3.8) is 0 Å². The third-order valence-electron chi connectivity index (χ3n) is 6.13. The van der Waals surface area contributed by atoms with E-state index in [0.717, 1.165) is 50.5 Å². The van der Waals surface area contributed by atoms with Crippen LogP contribution in [0.25, 0.3) is 0 Å². The first-order valence-corrected chi connectivity index (χ1v) is 13.3. The van der Waals surface area contributed by atoms with Gasteiger partial charge < -0.3 is 24.8 Å². The minimum absolute atomic E-state index is 0.339. The van der Waals surface area contributed by atoms with E-state index in [-0.39, 0.29) is 0 Å². The van der Waals surface area contributed by atoms with Gasteiger partial charge in [-0.15, -0.1) is 0 Å². The molecular weight excluding hydrogens is 665 g/mol. The number of aryl methyl sites for hydroxylation is 1. The Balaban J connectivity index is 0.000000430. The largest absolute Gasteiger partial charge is 0.490 e. The standard InChI is InChI=1S/C21H27N3O2.3C2HF3O2/c1-16-4-2-6-19(23-16)15-25-14-18-10-20-21(11-18)26-9-8-24(20)13-17-5-3-7-22-12-17;3*3-2(4,5)1(6)7/h2-7,12,18,20-21H,8-11,13-15H2,1H3;3*(H,6,7). The number of alkyl halides is 9. The highest BCUT2D eigenvalue weighted by Gasteiger charge is 2.41. The molecule has 0 spiro atoms. The van der Waals surface area contributed by atoms with Gasteiger partial charge in [0.15, 0.2) is 0 Å². The number of aromatic nitrogens is 2. The van der Waals surface area contributed by atoms with E-state index in [1.807, 2.05) is 43.6 Å². The third-order valence-corrected chi connectivity index (χ3v) is 6.13. The second-order valence-electron chi connectivity index (χ2n) is 9.84. The molecule has 2 aromatic heterocycles. The average Bonchev–Trinajstić information content (AvgIpc) is 3.37. The Morgan fingerprint density at radius 2 is 1.45 bits per heavy atom. The van der Waals surface area contributed by atoms with Gasteiger partial charge in [-0.05, 0) is 49.4 Å². The Bertz CT molecular complexity index is 1220. The van der Waals surface area contributed by atoms with Gasteiger partial charge >= 0.3 is 36.4 Å². The minimum Gasteiger partial charge on any atom is -0.475 e. The molecule has 0 aromatic carbocycles. The summed E-state index contributed by atoms with van der Waals surface area (Å²) in [6, 6.07) is 10.7. The lowest BCUT2D eigenvalue weighted by Crippen LogP contribution is -2.47. The molecule has 0 bridgehead atoms. The quantitative estimate of drug-likeness (QED) is 0.354. The molecule has 0 amide bonds. The highest BCUT2D eigenvalue weighted by molar-refractivity contribution is 5.73. The number of hydrogen-bond acceptors (Lipinski definition) is 8. The molecule has 3 unspecified atom stereocenters. The number of fused-ring (bicyclic) bond motifs is 1. The van der Waals surface area contributed by atoms with Crippen molar-refractivity contribution in [2.75, 3.05) is 19.8 Å². The zero-order chi connectivity index (χ0) is 36.0. The zero-order valence-electron chi connectivity index (χ0n) is 24.3. The summed E-state index contributed by atoms with van der Waals surface area (Å²) in [5.74, 6) is -7.71. The molecule has 0 radical (unpaired) electrons. The van der Waals surface area contributed by atoms with Crippen LogP contribution >= 0.6 is 0 Å². The molecule has 4 rings (SSSR count). The Morgan fingerprint density at radius 3 is 1.91 bits per heavy atom. The number of morpholine rings is 1. The van der Waals surface area contributed by atoms with E-state index < -0.39 is 36.4 Å². The maximum Gasteiger partial charge on any atom is 0.490 e. The van der Waals surface area contributed by atoms with E-state index in [4.69, 9.17) is 39.2 Å². The van der Waals surface area contributed by atoms with Crippen molar-refractivity contribution in [3.05, 3.63) is 59.7 Å². The summed E-state index contributed by atoms with van der Waals surface area (Å²) in [5.41, 5.74) is 3.32. The number of nitrogens with zero attached hydrogens (tertiary/aromatic N) is 3. The number of aliphatic carboxylic acids is 3. The number of carbonyl (C=O) groups is 3. The number of rotatable bonds is 6. The lowest BCUT2D eigenvalue weighted by molar-refractivity contribution is -0.193. The number of halogens is 9. The predicted octanol–water partition coefficient (Wildman–Crippen LogP) is 4.88. The van der Waals surface area contributed by atoms with E-state index in [1.165, 1.54) is 5.56 Å². The van der Waals surface area contributed by atoms with Crippen LogP contribution in [0.2, 0.25) is 0 Å². The maximum atomic E-state index is 10.6. The highest BCUT2D eigenvalue weighted by Crippen LogP contribution is 2.35. The van der Waals surface area contributed by atoms with Gasteiger partial charge in [-0.3, -0.25) is 14.9 Å². The molecule has 47 heavy (non-hydrogen) atoms. The van der Waals surface area contributed by atoms with Gasteiger partial charge in [-0.1, -0.05) is 12.1 Å². The first-order chi connectivity index (χ1) is 21.6. The van der Waals surface area contributed by atoms with Gasteiger partial charge in [-0.2, -0.15) is 39.5 Å². The molecule has 3 N–H and O–H groups in total. The van der Waals surface area contributed by atoms with Crippen LogP contribution in [-0.2, 0) is 37.0 Å². The second-order valence-corrected chi connectivity index (χ2v) is 9.84. The molecule has 1 saturated heterocycles. The van der Waals surface area contributed by atoms with Crippen molar-refractivity contribution < 1.29 is 78.7 Å². The Hall–Kier alpha value is -4.04. The van der Waals surface area contributed by atoms with Crippen molar-refractivity contribution in [1.29, 1.82) is 0 Å². The van der Waals surface area contributed by atoms with Crippen LogP contribution in [0.3, 0.4) is 0 Å². The highest BCUT2D eigenvalue weighted by atomic mass is 19.4. The Labute approximate surface area is 260 Å². The van der Waals surface area contributed by atoms with E-state index in [0.29, 0.717) is 24.7 Å². The summed E-state index contributed by atoms with van der Waals surface area (Å²) in [6.45, 7) is 6.16. The molecule has 1 aliphatic heterocycles. The number of carboxylic acid groups (broad SMARTS) is 3. The smallest absolute Gasteiger partial charge is 0.475 e. The predicted molar refractivity (Wildman–Crippen MR) is 141 cm³/mol. The lowest BCUT2D eigenvalue weighted by Gasteiger charge is -2.37. The molecule has 2 fully saturated rings. The van der Waals surface area contributed by atoms with Crippen molar-refractivity contribution in [1.82, 2.24) is 14.9 Å². The molecule has 2 aliphatic rings. The van der Waals surface area contributed by atoms with Crippen LogP contribution < -0.4 is 0 Å². The van der Waals surface area contributed by atoms with Crippen molar-refractivity contribution in [2.24, 2.45) is 5.92 Å². The van der Waals surface area contributed by atoms with Crippen LogP contribution in [0.15, 0.2) is 42.7 Å². The summed E-state index contributed by atoms with van der Waals surface area (Å²) in [4.78, 5) is 38.0. The molecular formula is C27H30F9N3O8. The van der Waals surface area contributed by atoms with Crippen LogP contribution in [-0.4, -0.2) is 98.5 Å². The maximum absolute atomic E-state index is 10.6. The molecule has 264 valence electrons. The third kappa shape index (κ3) is 16.4. The molecule has 11 nitrogen and oxygen atoms in total. The Morgan fingerprint density at radius 1 is 0.894 bits per heavy atom. The molecule has 3 atom stereocenters. The fourth-order valence-electron chi connectivity index (χ4n) is 4.19. The normalized spacial score (nSPS) is 19.4.